The van der Waals surface area contributed by atoms with E-state index < -0.39 is 48.7 Å². The van der Waals surface area contributed by atoms with Gasteiger partial charge in [0, 0.05) is 0 Å². The summed E-state index contributed by atoms with van der Waals surface area (Å²) in [5.74, 6) is -7.42. The Bertz CT molecular complexity index is 460. The first-order chi connectivity index (χ1) is 9.24. The zero-order valence-electron chi connectivity index (χ0n) is 9.90. The number of amides is 1. The summed E-state index contributed by atoms with van der Waals surface area (Å²) in [5, 5.41) is 3.59. The first-order valence-corrected chi connectivity index (χ1v) is 5.34. The van der Waals surface area contributed by atoms with Crippen LogP contribution in [0.2, 0.25) is 0 Å². The fourth-order valence-electron chi connectivity index (χ4n) is 1.22. The summed E-state index contributed by atoms with van der Waals surface area (Å²) in [5.41, 5.74) is -0.736. The topological polar surface area (TPSA) is 41.1 Å². The van der Waals surface area contributed by atoms with Gasteiger partial charge in [0.25, 0.3) is 0 Å². The van der Waals surface area contributed by atoms with Gasteiger partial charge < -0.3 is 10.6 Å². The van der Waals surface area contributed by atoms with E-state index in [2.05, 4.69) is 0 Å². The van der Waals surface area contributed by atoms with Crippen LogP contribution in [0.4, 0.5) is 32.0 Å². The Hall–Kier alpha value is -1.77. The van der Waals surface area contributed by atoms with Crippen LogP contribution in [0.15, 0.2) is 18.2 Å². The van der Waals surface area contributed by atoms with Gasteiger partial charge in [-0.3, -0.25) is 4.79 Å². The SMILES string of the molecule is O=C(CNCC(F)(F)C(F)F)Nc1c(F)cccc1F. The molecule has 1 rings (SSSR count). The molecular weight excluding hydrogens is 290 g/mol. The molecule has 1 aromatic rings. The van der Waals surface area contributed by atoms with Crippen LogP contribution in [-0.4, -0.2) is 31.3 Å². The predicted octanol–water partition coefficient (Wildman–Crippen LogP) is 2.39. The summed E-state index contributed by atoms with van der Waals surface area (Å²) in [6.07, 6.45) is -3.87. The normalized spacial score (nSPS) is 11.8. The minimum atomic E-state index is -4.29. The van der Waals surface area contributed by atoms with Crippen LogP contribution in [0.25, 0.3) is 0 Å². The molecule has 0 aliphatic carbocycles. The number of benzene rings is 1. The minimum Gasteiger partial charge on any atom is -0.320 e. The molecule has 0 bridgehead atoms. The minimum absolute atomic E-state index is 0.736. The molecule has 9 heteroatoms. The number of carbonyl (C=O) groups excluding carboxylic acids is 1. The van der Waals surface area contributed by atoms with E-state index in [1.807, 2.05) is 5.32 Å². The second kappa shape index (κ2) is 6.60. The zero-order valence-corrected chi connectivity index (χ0v) is 9.90. The number of hydrogen-bond donors (Lipinski definition) is 2. The molecular formula is C11H10F6N2O. The lowest BCUT2D eigenvalue weighted by atomic mass is 10.3. The second-order valence-corrected chi connectivity index (χ2v) is 3.81. The smallest absolute Gasteiger partial charge is 0.319 e. The van der Waals surface area contributed by atoms with Crippen molar-refractivity contribution in [3.63, 3.8) is 0 Å². The molecule has 0 unspecified atom stereocenters. The van der Waals surface area contributed by atoms with Gasteiger partial charge in [0.15, 0.2) is 0 Å². The number of hydrogen-bond acceptors (Lipinski definition) is 2. The van der Waals surface area contributed by atoms with Crippen LogP contribution in [0.1, 0.15) is 0 Å². The van der Waals surface area contributed by atoms with E-state index >= 15 is 0 Å². The molecule has 112 valence electrons. The number of carbonyl (C=O) groups is 1. The summed E-state index contributed by atoms with van der Waals surface area (Å²) in [4.78, 5) is 11.2. The highest BCUT2D eigenvalue weighted by atomic mass is 19.3. The Morgan fingerprint density at radius 3 is 2.25 bits per heavy atom. The van der Waals surface area contributed by atoms with Gasteiger partial charge in [0.2, 0.25) is 5.91 Å². The van der Waals surface area contributed by atoms with Gasteiger partial charge in [-0.05, 0) is 12.1 Å². The number of rotatable bonds is 6. The molecule has 2 N–H and O–H groups in total. The molecule has 3 nitrogen and oxygen atoms in total. The second-order valence-electron chi connectivity index (χ2n) is 3.81. The fraction of sp³-hybridized carbons (Fsp3) is 0.364. The van der Waals surface area contributed by atoms with Gasteiger partial charge in [-0.1, -0.05) is 6.07 Å². The van der Waals surface area contributed by atoms with Crippen molar-refractivity contribution in [1.82, 2.24) is 5.32 Å². The van der Waals surface area contributed by atoms with Crippen molar-refractivity contribution in [3.8, 4) is 0 Å². The monoisotopic (exact) mass is 300 g/mol. The van der Waals surface area contributed by atoms with E-state index in [9.17, 15) is 31.1 Å². The van der Waals surface area contributed by atoms with E-state index in [1.165, 1.54) is 0 Å². The van der Waals surface area contributed by atoms with E-state index in [-0.39, 0.29) is 0 Å². The van der Waals surface area contributed by atoms with Gasteiger partial charge in [0.05, 0.1) is 13.1 Å². The molecule has 0 saturated heterocycles. The molecule has 0 spiro atoms. The van der Waals surface area contributed by atoms with Gasteiger partial charge >= 0.3 is 12.3 Å². The highest BCUT2D eigenvalue weighted by Crippen LogP contribution is 2.21. The zero-order chi connectivity index (χ0) is 15.3. The van der Waals surface area contributed by atoms with Crippen LogP contribution in [0, 0.1) is 11.6 Å². The van der Waals surface area contributed by atoms with Gasteiger partial charge in [-0.2, -0.15) is 8.78 Å². The van der Waals surface area contributed by atoms with Crippen molar-refractivity contribution in [2.75, 3.05) is 18.4 Å². The lowest BCUT2D eigenvalue weighted by molar-refractivity contribution is -0.127. The summed E-state index contributed by atoms with van der Waals surface area (Å²) >= 11 is 0. The van der Waals surface area contributed by atoms with Gasteiger partial charge in [0.1, 0.15) is 17.3 Å². The van der Waals surface area contributed by atoms with E-state index in [0.29, 0.717) is 0 Å². The molecule has 20 heavy (non-hydrogen) atoms. The Morgan fingerprint density at radius 1 is 1.20 bits per heavy atom. The summed E-state index contributed by atoms with van der Waals surface area (Å²) in [6.45, 7) is -2.23. The molecule has 0 aromatic heterocycles. The summed E-state index contributed by atoms with van der Waals surface area (Å²) in [6, 6.07) is 2.84. The molecule has 1 aromatic carbocycles. The van der Waals surface area contributed by atoms with Crippen LogP contribution in [-0.2, 0) is 4.79 Å². The standard InChI is InChI=1S/C11H10F6N2O/c12-6-2-1-3-7(13)9(6)19-8(20)4-18-5-11(16,17)10(14)15/h1-3,10,18H,4-5H2,(H,19,20). The summed E-state index contributed by atoms with van der Waals surface area (Å²) in [7, 11) is 0. The molecule has 0 saturated carbocycles. The first-order valence-electron chi connectivity index (χ1n) is 5.34. The van der Waals surface area contributed by atoms with Crippen LogP contribution in [0.3, 0.4) is 0 Å². The van der Waals surface area contributed by atoms with Crippen molar-refractivity contribution in [1.29, 1.82) is 0 Å². The van der Waals surface area contributed by atoms with Crippen molar-refractivity contribution >= 4 is 11.6 Å². The lowest BCUT2D eigenvalue weighted by Gasteiger charge is -2.15. The Balaban J connectivity index is 2.49. The highest BCUT2D eigenvalue weighted by molar-refractivity contribution is 5.92. The quantitative estimate of drug-likeness (QED) is 0.792. The van der Waals surface area contributed by atoms with Crippen LogP contribution < -0.4 is 10.6 Å². The van der Waals surface area contributed by atoms with Crippen molar-refractivity contribution in [2.24, 2.45) is 0 Å². The average molecular weight is 300 g/mol. The summed E-state index contributed by atoms with van der Waals surface area (Å²) < 4.78 is 74.8. The third-order valence-corrected chi connectivity index (χ3v) is 2.19. The van der Waals surface area contributed by atoms with Crippen molar-refractivity contribution in [2.45, 2.75) is 12.3 Å². The lowest BCUT2D eigenvalue weighted by Crippen LogP contribution is -2.41. The van der Waals surface area contributed by atoms with Crippen LogP contribution in [0.5, 0.6) is 0 Å². The number of alkyl halides is 4. The first kappa shape index (κ1) is 16.3. The van der Waals surface area contributed by atoms with E-state index in [4.69, 9.17) is 0 Å². The van der Waals surface area contributed by atoms with E-state index in [1.54, 1.807) is 5.32 Å². The number of para-hydroxylation sites is 1. The van der Waals surface area contributed by atoms with Gasteiger partial charge in [-0.15, -0.1) is 0 Å². The Labute approximate surface area is 110 Å². The van der Waals surface area contributed by atoms with Gasteiger partial charge in [-0.25, -0.2) is 17.6 Å². The van der Waals surface area contributed by atoms with Crippen molar-refractivity contribution in [3.05, 3.63) is 29.8 Å². The molecule has 0 radical (unpaired) electrons. The van der Waals surface area contributed by atoms with E-state index in [0.717, 1.165) is 18.2 Å². The molecule has 1 amide bonds. The molecule has 0 atom stereocenters. The number of nitrogens with one attached hydrogen (secondary N) is 2. The Kier molecular flexibility index (Phi) is 5.37. The number of anilines is 1. The highest BCUT2D eigenvalue weighted by Gasteiger charge is 2.40. The number of halogens is 6. The maximum Gasteiger partial charge on any atom is 0.319 e. The molecule has 0 aliphatic rings. The average Bonchev–Trinajstić information content (AvgIpc) is 2.33. The third kappa shape index (κ3) is 4.41. The maximum atomic E-state index is 13.1. The fourth-order valence-corrected chi connectivity index (χ4v) is 1.22. The molecule has 0 aliphatic heterocycles. The molecule has 0 fully saturated rings. The third-order valence-electron chi connectivity index (χ3n) is 2.19. The van der Waals surface area contributed by atoms with Crippen molar-refractivity contribution < 1.29 is 31.1 Å². The molecule has 0 heterocycles. The Morgan fingerprint density at radius 2 is 1.75 bits per heavy atom. The van der Waals surface area contributed by atoms with Crippen LogP contribution >= 0.6 is 0 Å². The largest absolute Gasteiger partial charge is 0.320 e. The predicted molar refractivity (Wildman–Crippen MR) is 58.8 cm³/mol. The maximum absolute atomic E-state index is 13.1.